The summed E-state index contributed by atoms with van der Waals surface area (Å²) in [6.45, 7) is 0.976. The van der Waals surface area contributed by atoms with Crippen molar-refractivity contribution in [2.24, 2.45) is 0 Å². The van der Waals surface area contributed by atoms with Crippen molar-refractivity contribution in [1.82, 2.24) is 0 Å². The van der Waals surface area contributed by atoms with Gasteiger partial charge in [-0.3, -0.25) is 0 Å². The Bertz CT molecular complexity index is 397. The summed E-state index contributed by atoms with van der Waals surface area (Å²) in [5.41, 5.74) is 2.08. The minimum Gasteiger partial charge on any atom is -0.506 e. The van der Waals surface area contributed by atoms with E-state index in [0.29, 0.717) is 5.75 Å². The summed E-state index contributed by atoms with van der Waals surface area (Å²) in [5, 5.41) is 16.9. The maximum atomic E-state index is 9.87. The third-order valence-corrected chi connectivity index (χ3v) is 3.86. The number of phenolic OH excluding ortho intramolecular Hbond substituents is 1. The highest BCUT2D eigenvalue weighted by molar-refractivity contribution is 5.78. The topological polar surface area (TPSA) is 44.3 Å². The molecule has 3 nitrogen and oxygen atoms in total. The molecule has 1 aromatic rings. The Morgan fingerprint density at radius 3 is 2.75 bits per heavy atom. The van der Waals surface area contributed by atoms with E-state index in [0.717, 1.165) is 17.9 Å². The van der Waals surface area contributed by atoms with Gasteiger partial charge in [-0.05, 0) is 25.0 Å². The molecule has 0 atom stereocenters. The van der Waals surface area contributed by atoms with E-state index in [1.54, 1.807) is 6.07 Å². The van der Waals surface area contributed by atoms with Crippen molar-refractivity contribution in [1.29, 1.82) is 0 Å². The van der Waals surface area contributed by atoms with E-state index in [9.17, 15) is 5.11 Å². The van der Waals surface area contributed by atoms with Gasteiger partial charge < -0.3 is 15.7 Å². The SMILES string of the molecule is Oc1cccc2c1NC1(CCCCC1)CN2. The molecule has 2 aliphatic rings. The van der Waals surface area contributed by atoms with Crippen molar-refractivity contribution < 1.29 is 5.11 Å². The molecule has 0 aromatic heterocycles. The van der Waals surface area contributed by atoms with Gasteiger partial charge in [-0.15, -0.1) is 0 Å². The molecule has 3 rings (SSSR count). The Labute approximate surface area is 95.9 Å². The van der Waals surface area contributed by atoms with Gasteiger partial charge in [-0.1, -0.05) is 25.3 Å². The van der Waals surface area contributed by atoms with Crippen LogP contribution in [0.2, 0.25) is 0 Å². The Morgan fingerprint density at radius 2 is 1.94 bits per heavy atom. The second-order valence-electron chi connectivity index (χ2n) is 5.02. The molecule has 3 N–H and O–H groups in total. The fourth-order valence-corrected chi connectivity index (χ4v) is 2.92. The van der Waals surface area contributed by atoms with Gasteiger partial charge in [-0.2, -0.15) is 0 Å². The highest BCUT2D eigenvalue weighted by Gasteiger charge is 2.35. The van der Waals surface area contributed by atoms with E-state index < -0.39 is 0 Å². The summed E-state index contributed by atoms with van der Waals surface area (Å²) in [6, 6.07) is 5.63. The van der Waals surface area contributed by atoms with Gasteiger partial charge in [0.2, 0.25) is 0 Å². The zero-order valence-corrected chi connectivity index (χ0v) is 9.42. The molecule has 0 bridgehead atoms. The lowest BCUT2D eigenvalue weighted by atomic mass is 9.80. The zero-order valence-electron chi connectivity index (χ0n) is 9.42. The van der Waals surface area contributed by atoms with E-state index in [1.165, 1.54) is 32.1 Å². The second-order valence-corrected chi connectivity index (χ2v) is 5.02. The van der Waals surface area contributed by atoms with Crippen LogP contribution in [0, 0.1) is 0 Å². The molecule has 0 saturated heterocycles. The number of fused-ring (bicyclic) bond motifs is 1. The minimum atomic E-state index is 0.171. The Kier molecular flexibility index (Phi) is 2.20. The average Bonchev–Trinajstić information content (AvgIpc) is 2.32. The minimum absolute atomic E-state index is 0.171. The van der Waals surface area contributed by atoms with Crippen LogP contribution in [0.25, 0.3) is 0 Å². The number of rotatable bonds is 0. The maximum absolute atomic E-state index is 9.87. The molecule has 1 fully saturated rings. The van der Waals surface area contributed by atoms with Crippen LogP contribution in [0.1, 0.15) is 32.1 Å². The van der Waals surface area contributed by atoms with Gasteiger partial charge in [0.25, 0.3) is 0 Å². The number of para-hydroxylation sites is 1. The summed E-state index contributed by atoms with van der Waals surface area (Å²) in [6.07, 6.45) is 6.33. The molecule has 1 aliphatic carbocycles. The van der Waals surface area contributed by atoms with Crippen LogP contribution < -0.4 is 10.6 Å². The van der Waals surface area contributed by atoms with Gasteiger partial charge in [0, 0.05) is 6.54 Å². The summed E-state index contributed by atoms with van der Waals surface area (Å²) in [7, 11) is 0. The number of hydrogen-bond donors (Lipinski definition) is 3. The predicted octanol–water partition coefficient (Wildman–Crippen LogP) is 2.93. The molecular formula is C13H18N2O. The van der Waals surface area contributed by atoms with Crippen LogP contribution in [-0.4, -0.2) is 17.2 Å². The van der Waals surface area contributed by atoms with Crippen molar-refractivity contribution in [3.05, 3.63) is 18.2 Å². The lowest BCUT2D eigenvalue weighted by Crippen LogP contribution is -2.49. The summed E-state index contributed by atoms with van der Waals surface area (Å²) in [5.74, 6) is 0.356. The van der Waals surface area contributed by atoms with Crippen molar-refractivity contribution in [2.75, 3.05) is 17.2 Å². The summed E-state index contributed by atoms with van der Waals surface area (Å²) < 4.78 is 0. The third kappa shape index (κ3) is 1.51. The monoisotopic (exact) mass is 218 g/mol. The van der Waals surface area contributed by atoms with Crippen LogP contribution in [0.3, 0.4) is 0 Å². The average molecular weight is 218 g/mol. The van der Waals surface area contributed by atoms with E-state index in [1.807, 2.05) is 12.1 Å². The first-order valence-electron chi connectivity index (χ1n) is 6.13. The molecule has 0 radical (unpaired) electrons. The maximum Gasteiger partial charge on any atom is 0.140 e. The number of benzene rings is 1. The first-order chi connectivity index (χ1) is 7.79. The van der Waals surface area contributed by atoms with E-state index in [-0.39, 0.29) is 5.54 Å². The largest absolute Gasteiger partial charge is 0.506 e. The van der Waals surface area contributed by atoms with Gasteiger partial charge in [-0.25, -0.2) is 0 Å². The van der Waals surface area contributed by atoms with E-state index in [4.69, 9.17) is 0 Å². The molecule has 1 saturated carbocycles. The highest BCUT2D eigenvalue weighted by atomic mass is 16.3. The molecule has 0 amide bonds. The van der Waals surface area contributed by atoms with Gasteiger partial charge in [0.05, 0.1) is 11.2 Å². The Hall–Kier alpha value is -1.38. The number of nitrogens with one attached hydrogen (secondary N) is 2. The lowest BCUT2D eigenvalue weighted by Gasteiger charge is -2.43. The number of anilines is 2. The molecule has 0 unspecified atom stereocenters. The fourth-order valence-electron chi connectivity index (χ4n) is 2.92. The molecule has 16 heavy (non-hydrogen) atoms. The van der Waals surface area contributed by atoms with Gasteiger partial charge >= 0.3 is 0 Å². The van der Waals surface area contributed by atoms with Crippen LogP contribution >= 0.6 is 0 Å². The van der Waals surface area contributed by atoms with E-state index in [2.05, 4.69) is 10.6 Å². The molecular weight excluding hydrogens is 200 g/mol. The zero-order chi connectivity index (χ0) is 11.0. The molecule has 1 aliphatic heterocycles. The first kappa shape index (κ1) is 9.82. The normalized spacial score (nSPS) is 22.0. The van der Waals surface area contributed by atoms with Crippen molar-refractivity contribution in [2.45, 2.75) is 37.6 Å². The van der Waals surface area contributed by atoms with Crippen molar-refractivity contribution >= 4 is 11.4 Å². The standard InChI is InChI=1S/C13H18N2O/c16-11-6-4-5-10-12(11)15-13(9-14-10)7-2-1-3-8-13/h4-6,14-16H,1-3,7-9H2. The van der Waals surface area contributed by atoms with Crippen molar-refractivity contribution in [3.8, 4) is 5.75 Å². The van der Waals surface area contributed by atoms with Crippen molar-refractivity contribution in [3.63, 3.8) is 0 Å². The first-order valence-corrected chi connectivity index (χ1v) is 6.13. The lowest BCUT2D eigenvalue weighted by molar-refractivity contribution is 0.332. The number of aromatic hydroxyl groups is 1. The van der Waals surface area contributed by atoms with E-state index >= 15 is 0 Å². The molecule has 1 heterocycles. The van der Waals surface area contributed by atoms with Crippen LogP contribution in [0.15, 0.2) is 18.2 Å². The summed E-state index contributed by atoms with van der Waals surface area (Å²) >= 11 is 0. The molecule has 1 spiro atoms. The highest BCUT2D eigenvalue weighted by Crippen LogP contribution is 2.41. The quantitative estimate of drug-likeness (QED) is 0.587. The van der Waals surface area contributed by atoms with Gasteiger partial charge in [0.15, 0.2) is 0 Å². The fraction of sp³-hybridized carbons (Fsp3) is 0.538. The third-order valence-electron chi connectivity index (χ3n) is 3.86. The van der Waals surface area contributed by atoms with Crippen LogP contribution in [0.4, 0.5) is 11.4 Å². The number of phenols is 1. The number of hydrogen-bond acceptors (Lipinski definition) is 3. The predicted molar refractivity (Wildman–Crippen MR) is 66.0 cm³/mol. The molecule has 3 heteroatoms. The molecule has 1 aromatic carbocycles. The summed E-state index contributed by atoms with van der Waals surface area (Å²) in [4.78, 5) is 0. The Balaban J connectivity index is 1.92. The Morgan fingerprint density at radius 1 is 1.12 bits per heavy atom. The molecule has 86 valence electrons. The van der Waals surface area contributed by atoms with Gasteiger partial charge in [0.1, 0.15) is 11.4 Å². The second kappa shape index (κ2) is 3.58. The van der Waals surface area contributed by atoms with Crippen LogP contribution in [0.5, 0.6) is 5.75 Å². The van der Waals surface area contributed by atoms with Crippen LogP contribution in [-0.2, 0) is 0 Å². The smallest absolute Gasteiger partial charge is 0.140 e.